The quantitative estimate of drug-likeness (QED) is 0.922. The molecule has 0 atom stereocenters. The molecule has 0 heterocycles. The number of likely N-dealkylation sites (N-methyl/N-ethyl adjacent to an activating group) is 1. The number of hydrogen-bond donors (Lipinski definition) is 1. The fourth-order valence-electron chi connectivity index (χ4n) is 1.43. The molecule has 1 aromatic carbocycles. The lowest BCUT2D eigenvalue weighted by molar-refractivity contribution is -0.139. The maximum Gasteiger partial charge on any atom is 0.416 e. The number of amides is 1. The van der Waals surface area contributed by atoms with E-state index in [4.69, 9.17) is 5.73 Å². The Labute approximate surface area is 109 Å². The zero-order chi connectivity index (χ0) is 13.1. The highest BCUT2D eigenvalue weighted by Crippen LogP contribution is 2.32. The van der Waals surface area contributed by atoms with Gasteiger partial charge >= 0.3 is 6.18 Å². The van der Waals surface area contributed by atoms with E-state index >= 15 is 0 Å². The van der Waals surface area contributed by atoms with Crippen LogP contribution in [0.25, 0.3) is 0 Å². The van der Waals surface area contributed by atoms with Gasteiger partial charge in [-0.2, -0.15) is 13.2 Å². The van der Waals surface area contributed by atoms with E-state index in [9.17, 15) is 18.0 Å². The number of halogens is 4. The molecule has 102 valence electrons. The lowest BCUT2D eigenvalue weighted by Gasteiger charge is -2.19. The molecule has 0 saturated heterocycles. The minimum Gasteiger partial charge on any atom is -0.340 e. The van der Waals surface area contributed by atoms with Gasteiger partial charge in [-0.1, -0.05) is 18.2 Å². The predicted molar refractivity (Wildman–Crippen MR) is 64.2 cm³/mol. The average molecular weight is 283 g/mol. The molecule has 0 saturated carbocycles. The van der Waals surface area contributed by atoms with Crippen LogP contribution in [-0.4, -0.2) is 24.4 Å². The highest BCUT2D eigenvalue weighted by Gasteiger charge is 2.33. The Morgan fingerprint density at radius 3 is 2.39 bits per heavy atom. The molecule has 0 spiro atoms. The van der Waals surface area contributed by atoms with Crippen LogP contribution in [0.15, 0.2) is 24.3 Å². The molecule has 0 bridgehead atoms. The van der Waals surface area contributed by atoms with E-state index in [1.165, 1.54) is 30.1 Å². The smallest absolute Gasteiger partial charge is 0.340 e. The minimum atomic E-state index is -4.41. The maximum atomic E-state index is 12.7. The highest BCUT2D eigenvalue weighted by molar-refractivity contribution is 5.85. The third kappa shape index (κ3) is 4.19. The summed E-state index contributed by atoms with van der Waals surface area (Å²) in [7, 11) is 1.42. The van der Waals surface area contributed by atoms with Gasteiger partial charge in [-0.15, -0.1) is 12.4 Å². The van der Waals surface area contributed by atoms with E-state index in [0.29, 0.717) is 0 Å². The van der Waals surface area contributed by atoms with Gasteiger partial charge in [0.2, 0.25) is 5.91 Å². The summed E-state index contributed by atoms with van der Waals surface area (Å²) >= 11 is 0. The molecule has 3 nitrogen and oxygen atoms in total. The molecule has 0 aliphatic carbocycles. The van der Waals surface area contributed by atoms with Gasteiger partial charge in [0, 0.05) is 13.6 Å². The Kier molecular flexibility index (Phi) is 6.14. The first kappa shape index (κ1) is 16.7. The number of nitrogens with two attached hydrogens (primary N) is 1. The van der Waals surface area contributed by atoms with Gasteiger partial charge in [0.1, 0.15) is 0 Å². The van der Waals surface area contributed by atoms with Crippen LogP contribution in [0.4, 0.5) is 13.2 Å². The maximum absolute atomic E-state index is 12.7. The van der Waals surface area contributed by atoms with Crippen molar-refractivity contribution in [3.8, 4) is 0 Å². The second-order valence-electron chi connectivity index (χ2n) is 3.61. The first-order valence-electron chi connectivity index (χ1n) is 4.95. The molecule has 7 heteroatoms. The number of hydrogen-bond acceptors (Lipinski definition) is 2. The molecular weight excluding hydrogens is 269 g/mol. The number of nitrogens with zero attached hydrogens (tertiary/aromatic N) is 1. The number of carbonyl (C=O) groups is 1. The number of rotatable bonds is 3. The second kappa shape index (κ2) is 6.61. The number of alkyl halides is 3. The summed E-state index contributed by atoms with van der Waals surface area (Å²) in [4.78, 5) is 12.4. The van der Waals surface area contributed by atoms with Gasteiger partial charge in [0.25, 0.3) is 0 Å². The van der Waals surface area contributed by atoms with E-state index in [1.54, 1.807) is 0 Å². The molecule has 0 radical (unpaired) electrons. The molecule has 0 unspecified atom stereocenters. The molecule has 0 aliphatic heterocycles. The van der Waals surface area contributed by atoms with Crippen molar-refractivity contribution in [2.24, 2.45) is 5.73 Å². The van der Waals surface area contributed by atoms with Crippen molar-refractivity contribution in [3.63, 3.8) is 0 Å². The molecule has 0 fully saturated rings. The summed E-state index contributed by atoms with van der Waals surface area (Å²) in [6.07, 6.45) is -4.41. The molecular formula is C11H14ClF3N2O. The Morgan fingerprint density at radius 1 is 1.33 bits per heavy atom. The van der Waals surface area contributed by atoms with Gasteiger partial charge in [0.15, 0.2) is 0 Å². The number of carbonyl (C=O) groups excluding carboxylic acids is 1. The van der Waals surface area contributed by atoms with Gasteiger partial charge in [-0.25, -0.2) is 0 Å². The summed E-state index contributed by atoms with van der Waals surface area (Å²) in [5.74, 6) is -0.401. The third-order valence-corrected chi connectivity index (χ3v) is 2.33. The predicted octanol–water partition coefficient (Wildman–Crippen LogP) is 2.04. The normalized spacial score (nSPS) is 10.7. The first-order valence-corrected chi connectivity index (χ1v) is 4.95. The van der Waals surface area contributed by atoms with Crippen molar-refractivity contribution in [2.75, 3.05) is 13.6 Å². The molecule has 1 amide bonds. The lowest BCUT2D eigenvalue weighted by atomic mass is 10.1. The van der Waals surface area contributed by atoms with Crippen LogP contribution in [-0.2, 0) is 17.5 Å². The van der Waals surface area contributed by atoms with Crippen LogP contribution >= 0.6 is 12.4 Å². The second-order valence-corrected chi connectivity index (χ2v) is 3.61. The van der Waals surface area contributed by atoms with E-state index < -0.39 is 17.6 Å². The third-order valence-electron chi connectivity index (χ3n) is 2.33. The molecule has 1 aromatic rings. The summed E-state index contributed by atoms with van der Waals surface area (Å²) in [5.41, 5.74) is 4.47. The first-order chi connectivity index (χ1) is 7.86. The Balaban J connectivity index is 0.00000289. The van der Waals surface area contributed by atoms with Crippen molar-refractivity contribution in [1.29, 1.82) is 0 Å². The zero-order valence-electron chi connectivity index (χ0n) is 9.70. The standard InChI is InChI=1S/C11H13F3N2O.ClH/c1-16(10(17)6-15)7-8-4-2-3-5-9(8)11(12,13)14;/h2-5H,6-7,15H2,1H3;1H. The van der Waals surface area contributed by atoms with Crippen LogP contribution in [0.1, 0.15) is 11.1 Å². The molecule has 0 aliphatic rings. The van der Waals surface area contributed by atoms with Gasteiger partial charge in [0.05, 0.1) is 12.1 Å². The van der Waals surface area contributed by atoms with E-state index in [1.807, 2.05) is 0 Å². The Hall–Kier alpha value is -1.27. The van der Waals surface area contributed by atoms with Crippen molar-refractivity contribution < 1.29 is 18.0 Å². The van der Waals surface area contributed by atoms with Gasteiger partial charge in [-0.3, -0.25) is 4.79 Å². The summed E-state index contributed by atoms with van der Waals surface area (Å²) in [5, 5.41) is 0. The van der Waals surface area contributed by atoms with Gasteiger partial charge < -0.3 is 10.6 Å². The molecule has 0 aromatic heterocycles. The fourth-order valence-corrected chi connectivity index (χ4v) is 1.43. The number of benzene rings is 1. The topological polar surface area (TPSA) is 46.3 Å². The summed E-state index contributed by atoms with van der Waals surface area (Å²) < 4.78 is 38.0. The highest BCUT2D eigenvalue weighted by atomic mass is 35.5. The van der Waals surface area contributed by atoms with Crippen LogP contribution in [0, 0.1) is 0 Å². The van der Waals surface area contributed by atoms with Crippen molar-refractivity contribution in [3.05, 3.63) is 35.4 Å². The average Bonchev–Trinajstić information content (AvgIpc) is 2.27. The Morgan fingerprint density at radius 2 is 1.89 bits per heavy atom. The summed E-state index contributed by atoms with van der Waals surface area (Å²) in [6, 6.07) is 5.17. The SMILES string of the molecule is CN(Cc1ccccc1C(F)(F)F)C(=O)CN.Cl. The van der Waals surface area contributed by atoms with E-state index in [0.717, 1.165) is 6.07 Å². The van der Waals surface area contributed by atoms with Crippen molar-refractivity contribution >= 4 is 18.3 Å². The molecule has 18 heavy (non-hydrogen) atoms. The summed E-state index contributed by atoms with van der Waals surface area (Å²) in [6.45, 7) is -0.323. The fraction of sp³-hybridized carbons (Fsp3) is 0.364. The molecule has 1 rings (SSSR count). The van der Waals surface area contributed by atoms with E-state index in [2.05, 4.69) is 0 Å². The van der Waals surface area contributed by atoms with Crippen LogP contribution < -0.4 is 5.73 Å². The lowest BCUT2D eigenvalue weighted by Crippen LogP contribution is -2.32. The monoisotopic (exact) mass is 282 g/mol. The van der Waals surface area contributed by atoms with Gasteiger partial charge in [-0.05, 0) is 11.6 Å². The van der Waals surface area contributed by atoms with Crippen molar-refractivity contribution in [2.45, 2.75) is 12.7 Å². The van der Waals surface area contributed by atoms with E-state index in [-0.39, 0.29) is 31.1 Å². The largest absolute Gasteiger partial charge is 0.416 e. The van der Waals surface area contributed by atoms with Crippen LogP contribution in [0.2, 0.25) is 0 Å². The Bertz CT molecular complexity index is 410. The minimum absolute atomic E-state index is 0. The zero-order valence-corrected chi connectivity index (χ0v) is 10.5. The van der Waals surface area contributed by atoms with Crippen molar-refractivity contribution in [1.82, 2.24) is 4.90 Å². The van der Waals surface area contributed by atoms with Crippen LogP contribution in [0.3, 0.4) is 0 Å². The molecule has 2 N–H and O–H groups in total. The van der Waals surface area contributed by atoms with Crippen LogP contribution in [0.5, 0.6) is 0 Å².